The zero-order valence-electron chi connectivity index (χ0n) is 31.4. The Morgan fingerprint density at radius 3 is 2.48 bits per heavy atom. The summed E-state index contributed by atoms with van der Waals surface area (Å²) < 4.78 is 45.3. The highest BCUT2D eigenvalue weighted by Gasteiger charge is 2.62. The first-order valence-corrected chi connectivity index (χ1v) is 20.5. The van der Waals surface area contributed by atoms with Crippen LogP contribution in [-0.4, -0.2) is 96.9 Å². The van der Waals surface area contributed by atoms with Gasteiger partial charge in [-0.05, 0) is 61.5 Å². The van der Waals surface area contributed by atoms with Gasteiger partial charge in [-0.15, -0.1) is 0 Å². The summed E-state index contributed by atoms with van der Waals surface area (Å²) >= 11 is 0. The van der Waals surface area contributed by atoms with Crippen LogP contribution >= 0.6 is 0 Å². The van der Waals surface area contributed by atoms with Crippen molar-refractivity contribution in [3.8, 4) is 5.75 Å². The largest absolute Gasteiger partial charge is 0.489 e. The SMILES string of the molecule is CC[C@H]1C[C@@]1(NC(=O)C1C[C@@H]2CN1C(=O)[C@H](C(C)(C)C)NC(=O)OCC1(C/C=C/COc3cccc4c3CN(C4)C(=O)O2)CC1)C(=O)NS(=O)(=O)C1CC1. The van der Waals surface area contributed by atoms with E-state index in [-0.39, 0.29) is 43.9 Å². The van der Waals surface area contributed by atoms with Crippen LogP contribution in [0.15, 0.2) is 30.4 Å². The average Bonchev–Trinajstić information content (AvgIpc) is 4.07. The van der Waals surface area contributed by atoms with Crippen LogP contribution in [-0.2, 0) is 47.0 Å². The van der Waals surface area contributed by atoms with Gasteiger partial charge < -0.3 is 29.7 Å². The highest BCUT2D eigenvalue weighted by atomic mass is 32.2. The number of hydrogen-bond donors (Lipinski definition) is 3. The third-order valence-corrected chi connectivity index (χ3v) is 13.6. The van der Waals surface area contributed by atoms with Gasteiger partial charge in [-0.25, -0.2) is 18.0 Å². The fourth-order valence-electron chi connectivity index (χ4n) is 7.86. The quantitative estimate of drug-likeness (QED) is 0.363. The molecule has 1 saturated heterocycles. The van der Waals surface area contributed by atoms with Crippen molar-refractivity contribution in [1.29, 1.82) is 0 Å². The van der Waals surface area contributed by atoms with E-state index in [2.05, 4.69) is 15.4 Å². The van der Waals surface area contributed by atoms with Crippen molar-refractivity contribution in [1.82, 2.24) is 25.2 Å². The summed E-state index contributed by atoms with van der Waals surface area (Å²) in [5.41, 5.74) is -0.690. The fourth-order valence-corrected chi connectivity index (χ4v) is 9.22. The van der Waals surface area contributed by atoms with Gasteiger partial charge in [0.15, 0.2) is 0 Å². The van der Waals surface area contributed by atoms with Gasteiger partial charge in [-0.2, -0.15) is 0 Å². The highest BCUT2D eigenvalue weighted by molar-refractivity contribution is 7.91. The number of carbonyl (C=O) groups excluding carboxylic acids is 5. The minimum atomic E-state index is -3.89. The molecule has 4 bridgehead atoms. The molecule has 7 rings (SSSR count). The standard InChI is InChI=1S/C38H51N5O10S/c1-5-24-18-38(24,33(46)41-54(49,50)26-11-12-26)40-31(44)28-17-25-20-43(28)32(45)30(36(2,3)4)39-34(47)52-22-37(14-15-37)13-6-7-16-51-29-10-8-9-23-19-42(21-27(23)29)35(48)53-25/h6-10,24-26,28,30H,5,11-22H2,1-4H3,(H,39,47)(H,40,44)(H,41,46)/b7-6+/t24-,25+,28?,30+,38-/m0/s1. The van der Waals surface area contributed by atoms with Gasteiger partial charge in [0.2, 0.25) is 21.8 Å². The Morgan fingerprint density at radius 2 is 1.81 bits per heavy atom. The van der Waals surface area contributed by atoms with Crippen molar-refractivity contribution in [3.63, 3.8) is 0 Å². The molecule has 1 aromatic carbocycles. The number of rotatable bonds is 6. The highest BCUT2D eigenvalue weighted by Crippen LogP contribution is 2.49. The molecule has 0 radical (unpaired) electrons. The maximum atomic E-state index is 14.5. The van der Waals surface area contributed by atoms with Crippen LogP contribution in [0.25, 0.3) is 0 Å². The third-order valence-electron chi connectivity index (χ3n) is 11.8. The number of cyclic esters (lactones) is 1. The van der Waals surface area contributed by atoms with E-state index in [1.165, 1.54) is 9.80 Å². The molecule has 1 spiro atoms. The maximum absolute atomic E-state index is 14.5. The van der Waals surface area contributed by atoms with Crippen LogP contribution in [0.5, 0.6) is 5.75 Å². The zero-order valence-corrected chi connectivity index (χ0v) is 32.2. The monoisotopic (exact) mass is 769 g/mol. The fraction of sp³-hybridized carbons (Fsp3) is 0.658. The lowest BCUT2D eigenvalue weighted by atomic mass is 9.85. The van der Waals surface area contributed by atoms with Gasteiger partial charge >= 0.3 is 12.2 Å². The van der Waals surface area contributed by atoms with Gasteiger partial charge in [0, 0.05) is 23.9 Å². The van der Waals surface area contributed by atoms with Crippen molar-refractivity contribution < 1.29 is 46.6 Å². The number of hydrogen-bond acceptors (Lipinski definition) is 10. The molecule has 6 aliphatic rings. The first-order valence-electron chi connectivity index (χ1n) is 19.0. The Morgan fingerprint density at radius 1 is 1.06 bits per heavy atom. The molecule has 1 aromatic rings. The Kier molecular flexibility index (Phi) is 9.88. The first-order chi connectivity index (χ1) is 25.5. The van der Waals surface area contributed by atoms with Crippen LogP contribution in [0.2, 0.25) is 0 Å². The van der Waals surface area contributed by atoms with E-state index in [4.69, 9.17) is 14.2 Å². The molecule has 54 heavy (non-hydrogen) atoms. The molecule has 3 aliphatic carbocycles. The van der Waals surface area contributed by atoms with Crippen LogP contribution in [0.3, 0.4) is 0 Å². The molecule has 3 aliphatic heterocycles. The minimum Gasteiger partial charge on any atom is -0.489 e. The summed E-state index contributed by atoms with van der Waals surface area (Å²) in [6.45, 7) is 8.09. The number of allylic oxidation sites excluding steroid dienone is 1. The Balaban J connectivity index is 1.16. The lowest BCUT2D eigenvalue weighted by Crippen LogP contribution is -2.60. The van der Waals surface area contributed by atoms with Crippen LogP contribution in [0.1, 0.15) is 90.2 Å². The summed E-state index contributed by atoms with van der Waals surface area (Å²) in [7, 11) is -3.89. The summed E-state index contributed by atoms with van der Waals surface area (Å²) in [5.74, 6) is -1.71. The molecule has 0 aromatic heterocycles. The summed E-state index contributed by atoms with van der Waals surface area (Å²) in [6, 6.07) is 3.34. The lowest BCUT2D eigenvalue weighted by molar-refractivity contribution is -0.143. The lowest BCUT2D eigenvalue weighted by Gasteiger charge is -2.35. The van der Waals surface area contributed by atoms with Crippen molar-refractivity contribution in [2.75, 3.05) is 19.8 Å². The average molecular weight is 770 g/mol. The summed E-state index contributed by atoms with van der Waals surface area (Å²) in [5, 5.41) is 4.93. The molecule has 16 heteroatoms. The van der Waals surface area contributed by atoms with E-state index in [9.17, 15) is 32.4 Å². The van der Waals surface area contributed by atoms with E-state index < -0.39 is 74.3 Å². The van der Waals surface area contributed by atoms with Crippen molar-refractivity contribution in [2.45, 2.75) is 121 Å². The molecule has 15 nitrogen and oxygen atoms in total. The number of fused-ring (bicyclic) bond motifs is 3. The van der Waals surface area contributed by atoms with E-state index in [1.807, 2.05) is 37.3 Å². The van der Waals surface area contributed by atoms with Crippen molar-refractivity contribution >= 4 is 39.9 Å². The van der Waals surface area contributed by atoms with Crippen LogP contribution in [0, 0.1) is 16.7 Å². The van der Waals surface area contributed by atoms with E-state index >= 15 is 0 Å². The van der Waals surface area contributed by atoms with Gasteiger partial charge in [-0.3, -0.25) is 24.0 Å². The molecular formula is C38H51N5O10S. The Bertz CT molecular complexity index is 1850. The molecular weight excluding hydrogens is 719 g/mol. The summed E-state index contributed by atoms with van der Waals surface area (Å²) in [6.07, 6.45) is 5.71. The van der Waals surface area contributed by atoms with Crippen LogP contribution in [0.4, 0.5) is 9.59 Å². The predicted molar refractivity (Wildman–Crippen MR) is 194 cm³/mol. The second-order valence-corrected chi connectivity index (χ2v) is 18.9. The van der Waals surface area contributed by atoms with E-state index in [0.29, 0.717) is 44.6 Å². The number of sulfonamides is 1. The Hall–Kier alpha value is -4.34. The number of ether oxygens (including phenoxy) is 3. The number of benzene rings is 1. The molecule has 5 amide bonds. The second kappa shape index (κ2) is 14.1. The molecule has 3 heterocycles. The Labute approximate surface area is 315 Å². The predicted octanol–water partition coefficient (Wildman–Crippen LogP) is 3.26. The van der Waals surface area contributed by atoms with Gasteiger partial charge in [0.25, 0.3) is 5.91 Å². The van der Waals surface area contributed by atoms with Crippen LogP contribution < -0.4 is 20.1 Å². The molecule has 1 unspecified atom stereocenters. The van der Waals surface area contributed by atoms with Gasteiger partial charge in [0.1, 0.15) is 36.1 Å². The second-order valence-electron chi connectivity index (χ2n) is 16.9. The van der Waals surface area contributed by atoms with Gasteiger partial charge in [-0.1, -0.05) is 58.4 Å². The number of amides is 5. The first kappa shape index (κ1) is 38.0. The molecule has 5 atom stereocenters. The summed E-state index contributed by atoms with van der Waals surface area (Å²) in [4.78, 5) is 72.0. The van der Waals surface area contributed by atoms with Crippen molar-refractivity contribution in [2.24, 2.45) is 16.7 Å². The zero-order chi connectivity index (χ0) is 38.6. The van der Waals surface area contributed by atoms with Gasteiger partial charge in [0.05, 0.1) is 24.9 Å². The topological polar surface area (TPSA) is 190 Å². The minimum absolute atomic E-state index is 0.0799. The van der Waals surface area contributed by atoms with Crippen molar-refractivity contribution in [3.05, 3.63) is 41.5 Å². The third kappa shape index (κ3) is 7.76. The smallest absolute Gasteiger partial charge is 0.410 e. The van der Waals surface area contributed by atoms with E-state index in [0.717, 1.165) is 24.0 Å². The van der Waals surface area contributed by atoms with E-state index in [1.54, 1.807) is 20.8 Å². The molecule has 4 fully saturated rings. The number of carbonyl (C=O) groups is 5. The molecule has 294 valence electrons. The maximum Gasteiger partial charge on any atom is 0.410 e. The normalized spacial score (nSPS) is 30.3. The number of nitrogens with zero attached hydrogens (tertiary/aromatic N) is 2. The molecule has 3 saturated carbocycles. The molecule has 3 N–H and O–H groups in total. The number of alkyl carbamates (subject to hydrolysis) is 1. The number of nitrogens with one attached hydrogen (secondary N) is 3.